The summed E-state index contributed by atoms with van der Waals surface area (Å²) < 4.78 is 1.97. The van der Waals surface area contributed by atoms with E-state index < -0.39 is 0 Å². The van der Waals surface area contributed by atoms with Crippen molar-refractivity contribution in [3.63, 3.8) is 0 Å². The monoisotopic (exact) mass is 160 g/mol. The molecule has 0 N–H and O–H groups in total. The largest absolute Gasteiger partial charge is 0.324 e. The van der Waals surface area contributed by atoms with Gasteiger partial charge in [-0.1, -0.05) is 0 Å². The highest BCUT2D eigenvalue weighted by Gasteiger charge is 1.96. The average molecular weight is 160 g/mol. The second-order valence-electron chi connectivity index (χ2n) is 2.38. The van der Waals surface area contributed by atoms with Crippen LogP contribution in [0.25, 0.3) is 6.20 Å². The minimum atomic E-state index is 0.601. The molecule has 1 aliphatic heterocycles. The fourth-order valence-electron chi connectivity index (χ4n) is 1.04. The molecule has 0 saturated heterocycles. The summed E-state index contributed by atoms with van der Waals surface area (Å²) in [6.07, 6.45) is 6.96. The predicted octanol–water partition coefficient (Wildman–Crippen LogP) is 1.91. The molecule has 0 radical (unpaired) electrons. The maximum absolute atomic E-state index is 3.92. The van der Waals surface area contributed by atoms with E-state index in [-0.39, 0.29) is 0 Å². The zero-order chi connectivity index (χ0) is 8.23. The molecule has 0 unspecified atom stereocenters. The molecule has 0 aromatic carbocycles. The normalized spacial score (nSPS) is 17.7. The van der Waals surface area contributed by atoms with E-state index >= 15 is 0 Å². The SMILES string of the molecule is C1=N/C=C\n2cccc2CN=N1. The molecular weight excluding hydrogens is 152 g/mol. The highest BCUT2D eigenvalue weighted by atomic mass is 15.1. The number of aliphatic imine (C=N–C) groups is 1. The Kier molecular flexibility index (Phi) is 1.82. The lowest BCUT2D eigenvalue weighted by Crippen LogP contribution is -1.90. The molecule has 0 aliphatic carbocycles. The van der Waals surface area contributed by atoms with Crippen LogP contribution in [0, 0.1) is 0 Å². The van der Waals surface area contributed by atoms with Crippen LogP contribution in [0.2, 0.25) is 0 Å². The first-order valence-electron chi connectivity index (χ1n) is 3.67. The van der Waals surface area contributed by atoms with Gasteiger partial charge in [0.05, 0.1) is 0 Å². The van der Waals surface area contributed by atoms with Gasteiger partial charge in [-0.25, -0.2) is 4.99 Å². The molecule has 1 aromatic heterocycles. The molecule has 4 nitrogen and oxygen atoms in total. The molecule has 1 aliphatic rings. The van der Waals surface area contributed by atoms with Crippen LogP contribution < -0.4 is 0 Å². The third-order valence-electron chi connectivity index (χ3n) is 1.61. The molecule has 0 atom stereocenters. The van der Waals surface area contributed by atoms with Gasteiger partial charge < -0.3 is 4.57 Å². The summed E-state index contributed by atoms with van der Waals surface area (Å²) in [5.74, 6) is 0. The quantitative estimate of drug-likeness (QED) is 0.556. The van der Waals surface area contributed by atoms with Gasteiger partial charge in [0.15, 0.2) is 0 Å². The van der Waals surface area contributed by atoms with Crippen LogP contribution in [0.1, 0.15) is 5.69 Å². The molecule has 0 spiro atoms. The van der Waals surface area contributed by atoms with E-state index in [9.17, 15) is 0 Å². The minimum absolute atomic E-state index is 0.601. The lowest BCUT2D eigenvalue weighted by atomic mass is 10.4. The Bertz CT molecular complexity index is 346. The molecule has 2 rings (SSSR count). The molecule has 0 fully saturated rings. The van der Waals surface area contributed by atoms with Gasteiger partial charge in [0.2, 0.25) is 0 Å². The number of hydrogen-bond donors (Lipinski definition) is 0. The van der Waals surface area contributed by atoms with E-state index in [0.717, 1.165) is 5.69 Å². The fourth-order valence-corrected chi connectivity index (χ4v) is 1.04. The van der Waals surface area contributed by atoms with E-state index in [1.54, 1.807) is 6.20 Å². The second-order valence-corrected chi connectivity index (χ2v) is 2.38. The molecule has 12 heavy (non-hydrogen) atoms. The Balaban J connectivity index is 2.40. The number of hydrogen-bond acceptors (Lipinski definition) is 3. The summed E-state index contributed by atoms with van der Waals surface area (Å²) in [6.45, 7) is 0.601. The molecule has 1 aromatic rings. The van der Waals surface area contributed by atoms with Crippen molar-refractivity contribution in [2.75, 3.05) is 0 Å². The number of aromatic nitrogens is 1. The van der Waals surface area contributed by atoms with Gasteiger partial charge in [-0.05, 0) is 12.1 Å². The van der Waals surface area contributed by atoms with Crippen LogP contribution in [-0.2, 0) is 6.54 Å². The molecule has 2 heterocycles. The maximum atomic E-state index is 3.92. The third kappa shape index (κ3) is 1.32. The van der Waals surface area contributed by atoms with E-state index in [4.69, 9.17) is 0 Å². The fraction of sp³-hybridized carbons (Fsp3) is 0.125. The number of fused-ring (bicyclic) bond motifs is 1. The van der Waals surface area contributed by atoms with Crippen molar-refractivity contribution >= 4 is 12.5 Å². The van der Waals surface area contributed by atoms with Gasteiger partial charge in [0, 0.05) is 24.3 Å². The zero-order valence-electron chi connectivity index (χ0n) is 6.46. The minimum Gasteiger partial charge on any atom is -0.324 e. The van der Waals surface area contributed by atoms with Gasteiger partial charge in [-0.3, -0.25) is 0 Å². The lowest BCUT2D eigenvalue weighted by Gasteiger charge is -1.97. The Labute approximate surface area is 70.0 Å². The van der Waals surface area contributed by atoms with Gasteiger partial charge in [0.25, 0.3) is 0 Å². The Morgan fingerprint density at radius 3 is 3.42 bits per heavy atom. The van der Waals surface area contributed by atoms with Crippen molar-refractivity contribution in [3.8, 4) is 0 Å². The molecular formula is C8H8N4. The van der Waals surface area contributed by atoms with Gasteiger partial charge in [-0.2, -0.15) is 5.11 Å². The summed E-state index contributed by atoms with van der Waals surface area (Å²) >= 11 is 0. The van der Waals surface area contributed by atoms with Crippen LogP contribution in [0.5, 0.6) is 0 Å². The first kappa shape index (κ1) is 6.97. The van der Waals surface area contributed by atoms with Gasteiger partial charge in [-0.15, -0.1) is 5.11 Å². The summed E-state index contributed by atoms with van der Waals surface area (Å²) in [5, 5.41) is 7.66. The molecule has 60 valence electrons. The Hall–Kier alpha value is -1.71. The Morgan fingerprint density at radius 1 is 1.42 bits per heavy atom. The number of azo groups is 1. The third-order valence-corrected chi connectivity index (χ3v) is 1.61. The van der Waals surface area contributed by atoms with Crippen molar-refractivity contribution < 1.29 is 0 Å². The predicted molar refractivity (Wildman–Crippen MR) is 46.8 cm³/mol. The van der Waals surface area contributed by atoms with Crippen molar-refractivity contribution in [3.05, 3.63) is 30.2 Å². The van der Waals surface area contributed by atoms with E-state index in [2.05, 4.69) is 15.2 Å². The van der Waals surface area contributed by atoms with Gasteiger partial charge >= 0.3 is 0 Å². The standard InChI is InChI=1S/C8H8N4/c1-2-8-6-10-11-7-9-3-5-12(8)4-1/h1-5,7H,6H2/b5-3-,9-7?,11-10?. The highest BCUT2D eigenvalue weighted by molar-refractivity contribution is 5.56. The maximum Gasteiger partial charge on any atom is 0.137 e. The molecule has 0 saturated carbocycles. The van der Waals surface area contributed by atoms with Crippen LogP contribution in [-0.4, -0.2) is 10.9 Å². The average Bonchev–Trinajstić information content (AvgIpc) is 2.50. The van der Waals surface area contributed by atoms with Crippen molar-refractivity contribution in [1.29, 1.82) is 0 Å². The topological polar surface area (TPSA) is 42.0 Å². The first-order valence-corrected chi connectivity index (χ1v) is 3.67. The van der Waals surface area contributed by atoms with Crippen molar-refractivity contribution in [2.24, 2.45) is 15.2 Å². The molecule has 0 amide bonds. The summed E-state index contributed by atoms with van der Waals surface area (Å²) in [5.41, 5.74) is 1.11. The van der Waals surface area contributed by atoms with Crippen molar-refractivity contribution in [2.45, 2.75) is 6.54 Å². The molecule has 0 bridgehead atoms. The lowest BCUT2D eigenvalue weighted by molar-refractivity contribution is 0.901. The summed E-state index contributed by atoms with van der Waals surface area (Å²) in [7, 11) is 0. The second kappa shape index (κ2) is 3.13. The smallest absolute Gasteiger partial charge is 0.137 e. The van der Waals surface area contributed by atoms with E-state index in [0.29, 0.717) is 6.54 Å². The summed E-state index contributed by atoms with van der Waals surface area (Å²) in [4.78, 5) is 3.88. The van der Waals surface area contributed by atoms with Gasteiger partial charge in [0.1, 0.15) is 12.9 Å². The van der Waals surface area contributed by atoms with E-state index in [1.807, 2.05) is 29.1 Å². The highest BCUT2D eigenvalue weighted by Crippen LogP contribution is 2.05. The van der Waals surface area contributed by atoms with Crippen LogP contribution in [0.15, 0.2) is 39.8 Å². The number of rotatable bonds is 0. The summed E-state index contributed by atoms with van der Waals surface area (Å²) in [6, 6.07) is 3.98. The Morgan fingerprint density at radius 2 is 2.42 bits per heavy atom. The van der Waals surface area contributed by atoms with Crippen LogP contribution in [0.3, 0.4) is 0 Å². The zero-order valence-corrected chi connectivity index (χ0v) is 6.46. The van der Waals surface area contributed by atoms with E-state index in [1.165, 1.54) is 6.34 Å². The number of nitrogens with zero attached hydrogens (tertiary/aromatic N) is 4. The van der Waals surface area contributed by atoms with Crippen LogP contribution in [0.4, 0.5) is 0 Å². The molecule has 4 heteroatoms. The van der Waals surface area contributed by atoms with Crippen molar-refractivity contribution in [1.82, 2.24) is 4.57 Å². The first-order chi connectivity index (χ1) is 5.97. The van der Waals surface area contributed by atoms with Crippen LogP contribution >= 0.6 is 0 Å².